The van der Waals surface area contributed by atoms with Crippen LogP contribution >= 0.6 is 11.6 Å². The van der Waals surface area contributed by atoms with Gasteiger partial charge >= 0.3 is 0 Å². The van der Waals surface area contributed by atoms with Crippen LogP contribution in [0.4, 0.5) is 0 Å². The summed E-state index contributed by atoms with van der Waals surface area (Å²) >= 11 is 5.85. The maximum atomic E-state index is 12.5. The van der Waals surface area contributed by atoms with Crippen LogP contribution in [0.3, 0.4) is 0 Å². The molecule has 0 fully saturated rings. The normalized spacial score (nSPS) is 10.5. The van der Waals surface area contributed by atoms with E-state index < -0.39 is 0 Å². The highest BCUT2D eigenvalue weighted by Crippen LogP contribution is 2.14. The van der Waals surface area contributed by atoms with Gasteiger partial charge in [0, 0.05) is 19.3 Å². The molecule has 0 aliphatic rings. The van der Waals surface area contributed by atoms with E-state index in [0.29, 0.717) is 30.4 Å². The van der Waals surface area contributed by atoms with E-state index in [1.807, 2.05) is 30.3 Å². The first-order valence-electron chi connectivity index (χ1n) is 6.58. The third kappa shape index (κ3) is 3.85. The van der Waals surface area contributed by atoms with Gasteiger partial charge in [-0.1, -0.05) is 41.9 Å². The van der Waals surface area contributed by atoms with Gasteiger partial charge in [0.25, 0.3) is 5.91 Å². The second-order valence-corrected chi connectivity index (χ2v) is 5.02. The first-order valence-corrected chi connectivity index (χ1v) is 6.95. The number of aromatic nitrogens is 1. The highest BCUT2D eigenvalue weighted by Gasteiger charge is 2.17. The molecule has 0 atom stereocenters. The number of nitrogens with one attached hydrogen (secondary N) is 1. The molecule has 0 unspecified atom stereocenters. The molecule has 0 aliphatic carbocycles. The van der Waals surface area contributed by atoms with Gasteiger partial charge in [0.15, 0.2) is 0 Å². The van der Waals surface area contributed by atoms with Crippen LogP contribution in [0.2, 0.25) is 5.02 Å². The maximum absolute atomic E-state index is 12.5. The van der Waals surface area contributed by atoms with Gasteiger partial charge in [-0.2, -0.15) is 0 Å². The lowest BCUT2D eigenvalue weighted by molar-refractivity contribution is 0.0737. The van der Waals surface area contributed by atoms with Crippen molar-refractivity contribution in [3.8, 4) is 0 Å². The fourth-order valence-corrected chi connectivity index (χ4v) is 2.16. The molecule has 0 spiro atoms. The van der Waals surface area contributed by atoms with Gasteiger partial charge < -0.3 is 15.6 Å². The Morgan fingerprint density at radius 2 is 2.05 bits per heavy atom. The minimum Gasteiger partial charge on any atom is -0.356 e. The number of nitrogens with two attached hydrogens (primary N) is 1. The third-order valence-corrected chi connectivity index (χ3v) is 3.23. The smallest absolute Gasteiger partial charge is 0.270 e. The zero-order chi connectivity index (χ0) is 14.4. The van der Waals surface area contributed by atoms with E-state index >= 15 is 0 Å². The van der Waals surface area contributed by atoms with Crippen LogP contribution in [0.1, 0.15) is 22.5 Å². The Bertz CT molecular complexity index is 553. The van der Waals surface area contributed by atoms with E-state index in [4.69, 9.17) is 17.3 Å². The average Bonchev–Trinajstić information content (AvgIpc) is 2.90. The zero-order valence-electron chi connectivity index (χ0n) is 11.2. The Morgan fingerprint density at radius 3 is 2.65 bits per heavy atom. The Labute approximate surface area is 123 Å². The monoisotopic (exact) mass is 291 g/mol. The second-order valence-electron chi connectivity index (χ2n) is 4.59. The molecule has 0 bridgehead atoms. The molecule has 0 aliphatic heterocycles. The number of benzene rings is 1. The Hall–Kier alpha value is -1.78. The predicted molar refractivity (Wildman–Crippen MR) is 80.7 cm³/mol. The van der Waals surface area contributed by atoms with Gasteiger partial charge in [-0.25, -0.2) is 0 Å². The Balaban J connectivity index is 2.12. The molecule has 0 radical (unpaired) electrons. The van der Waals surface area contributed by atoms with Gasteiger partial charge in [-0.15, -0.1) is 0 Å². The number of amides is 1. The SMILES string of the molecule is NCCCN(Cc1ccccc1)C(=O)c1cc(Cl)c[nH]1. The fourth-order valence-electron chi connectivity index (χ4n) is 2.00. The zero-order valence-corrected chi connectivity index (χ0v) is 11.9. The van der Waals surface area contributed by atoms with Crippen LogP contribution in [0, 0.1) is 0 Å². The van der Waals surface area contributed by atoms with Crippen molar-refractivity contribution < 1.29 is 4.79 Å². The van der Waals surface area contributed by atoms with E-state index in [-0.39, 0.29) is 5.91 Å². The standard InChI is InChI=1S/C15H18ClN3O/c16-13-9-14(18-10-13)15(20)19(8-4-7-17)11-12-5-2-1-3-6-12/h1-3,5-6,9-10,18H,4,7-8,11,17H2. The summed E-state index contributed by atoms with van der Waals surface area (Å²) in [6, 6.07) is 11.5. The van der Waals surface area contributed by atoms with Crippen molar-refractivity contribution in [2.75, 3.05) is 13.1 Å². The molecule has 0 saturated carbocycles. The summed E-state index contributed by atoms with van der Waals surface area (Å²) in [5.74, 6) is -0.0609. The molecule has 1 aromatic heterocycles. The van der Waals surface area contributed by atoms with E-state index in [1.54, 1.807) is 17.2 Å². The van der Waals surface area contributed by atoms with Gasteiger partial charge in [0.05, 0.1) is 5.02 Å². The molecule has 3 N–H and O–H groups in total. The van der Waals surface area contributed by atoms with Gasteiger partial charge in [0.1, 0.15) is 5.69 Å². The number of rotatable bonds is 6. The first-order chi connectivity index (χ1) is 9.70. The molecule has 106 valence electrons. The lowest BCUT2D eigenvalue weighted by atomic mass is 10.2. The van der Waals surface area contributed by atoms with Crippen LogP contribution in [0.5, 0.6) is 0 Å². The summed E-state index contributed by atoms with van der Waals surface area (Å²) in [6.45, 7) is 1.75. The summed E-state index contributed by atoms with van der Waals surface area (Å²) < 4.78 is 0. The van der Waals surface area contributed by atoms with Crippen LogP contribution in [0.15, 0.2) is 42.6 Å². The van der Waals surface area contributed by atoms with Crippen molar-refractivity contribution in [1.29, 1.82) is 0 Å². The van der Waals surface area contributed by atoms with Crippen LogP contribution in [-0.2, 0) is 6.54 Å². The van der Waals surface area contributed by atoms with E-state index in [2.05, 4.69) is 4.98 Å². The van der Waals surface area contributed by atoms with Crippen molar-refractivity contribution in [3.63, 3.8) is 0 Å². The topological polar surface area (TPSA) is 62.1 Å². The molecule has 5 heteroatoms. The van der Waals surface area contributed by atoms with Crippen molar-refractivity contribution >= 4 is 17.5 Å². The lowest BCUT2D eigenvalue weighted by Gasteiger charge is -2.22. The molecule has 1 amide bonds. The van der Waals surface area contributed by atoms with Crippen LogP contribution < -0.4 is 5.73 Å². The molecule has 2 rings (SSSR count). The fraction of sp³-hybridized carbons (Fsp3) is 0.267. The van der Waals surface area contributed by atoms with Crippen molar-refractivity contribution in [1.82, 2.24) is 9.88 Å². The number of H-pyrrole nitrogens is 1. The average molecular weight is 292 g/mol. The molecule has 2 aromatic rings. The van der Waals surface area contributed by atoms with Crippen molar-refractivity contribution in [3.05, 3.63) is 58.9 Å². The minimum absolute atomic E-state index is 0.0609. The van der Waals surface area contributed by atoms with Gasteiger partial charge in [-0.3, -0.25) is 4.79 Å². The van der Waals surface area contributed by atoms with Crippen LogP contribution in [-0.4, -0.2) is 28.9 Å². The number of carbonyl (C=O) groups excluding carboxylic acids is 1. The first kappa shape index (κ1) is 14.6. The van der Waals surface area contributed by atoms with Crippen molar-refractivity contribution in [2.45, 2.75) is 13.0 Å². The number of hydrogen-bond donors (Lipinski definition) is 2. The Kier molecular flexibility index (Phi) is 5.21. The van der Waals surface area contributed by atoms with E-state index in [9.17, 15) is 4.79 Å². The molecular formula is C15H18ClN3O. The summed E-state index contributed by atoms with van der Waals surface area (Å²) in [7, 11) is 0. The summed E-state index contributed by atoms with van der Waals surface area (Å²) in [5.41, 5.74) is 7.14. The molecule has 1 heterocycles. The second kappa shape index (κ2) is 7.12. The largest absolute Gasteiger partial charge is 0.356 e. The van der Waals surface area contributed by atoms with E-state index in [1.165, 1.54) is 0 Å². The maximum Gasteiger partial charge on any atom is 0.270 e. The van der Waals surface area contributed by atoms with Gasteiger partial charge in [0.2, 0.25) is 0 Å². The highest BCUT2D eigenvalue weighted by atomic mass is 35.5. The molecule has 4 nitrogen and oxygen atoms in total. The molecular weight excluding hydrogens is 274 g/mol. The number of carbonyl (C=O) groups is 1. The molecule has 20 heavy (non-hydrogen) atoms. The van der Waals surface area contributed by atoms with E-state index in [0.717, 1.165) is 12.0 Å². The van der Waals surface area contributed by atoms with Crippen molar-refractivity contribution in [2.24, 2.45) is 5.73 Å². The highest BCUT2D eigenvalue weighted by molar-refractivity contribution is 6.30. The minimum atomic E-state index is -0.0609. The number of halogens is 1. The predicted octanol–water partition coefficient (Wildman–Crippen LogP) is 2.66. The van der Waals surface area contributed by atoms with Gasteiger partial charge in [-0.05, 0) is 24.6 Å². The molecule has 0 saturated heterocycles. The number of hydrogen-bond acceptors (Lipinski definition) is 2. The number of aromatic amines is 1. The number of nitrogens with zero attached hydrogens (tertiary/aromatic N) is 1. The summed E-state index contributed by atoms with van der Waals surface area (Å²) in [6.07, 6.45) is 2.38. The quantitative estimate of drug-likeness (QED) is 0.859. The third-order valence-electron chi connectivity index (χ3n) is 3.01. The van der Waals surface area contributed by atoms with Crippen LogP contribution in [0.25, 0.3) is 0 Å². The summed E-state index contributed by atoms with van der Waals surface area (Å²) in [5, 5.41) is 0.534. The summed E-state index contributed by atoms with van der Waals surface area (Å²) in [4.78, 5) is 17.1. The Morgan fingerprint density at radius 1 is 1.30 bits per heavy atom. The lowest BCUT2D eigenvalue weighted by Crippen LogP contribution is -2.32. The molecule has 1 aromatic carbocycles.